The van der Waals surface area contributed by atoms with Gasteiger partial charge < -0.3 is 14.7 Å². The van der Waals surface area contributed by atoms with Crippen LogP contribution < -0.4 is 9.64 Å². The molecular formula is C18H14ClFN2O4. The van der Waals surface area contributed by atoms with Crippen LogP contribution in [0.3, 0.4) is 0 Å². The Balaban J connectivity index is 2.06. The van der Waals surface area contributed by atoms with Gasteiger partial charge in [0.15, 0.2) is 11.0 Å². The highest BCUT2D eigenvalue weighted by Crippen LogP contribution is 2.58. The SMILES string of the molecule is COc1cnc(Cl)c(F)c1-c1cc2c(cc1C(=O)O)N(C)C(=O)C21CC1. The predicted molar refractivity (Wildman–Crippen MR) is 92.5 cm³/mol. The van der Waals surface area contributed by atoms with Gasteiger partial charge in [-0.2, -0.15) is 0 Å². The molecule has 0 bridgehead atoms. The average Bonchev–Trinajstić information content (AvgIpc) is 3.40. The topological polar surface area (TPSA) is 79.7 Å². The molecule has 0 atom stereocenters. The third-order valence-electron chi connectivity index (χ3n) is 5.14. The number of fused-ring (bicyclic) bond motifs is 2. The van der Waals surface area contributed by atoms with Crippen LogP contribution in [0.2, 0.25) is 5.15 Å². The number of ether oxygens (including phenoxy) is 1. The second-order valence-electron chi connectivity index (χ2n) is 6.47. The molecule has 26 heavy (non-hydrogen) atoms. The number of amides is 1. The van der Waals surface area contributed by atoms with Gasteiger partial charge in [0.05, 0.1) is 29.8 Å². The summed E-state index contributed by atoms with van der Waals surface area (Å²) >= 11 is 5.81. The number of carbonyl (C=O) groups excluding carboxylic acids is 1. The van der Waals surface area contributed by atoms with E-state index < -0.39 is 17.2 Å². The number of carbonyl (C=O) groups is 2. The first kappa shape index (κ1) is 16.8. The Labute approximate surface area is 153 Å². The summed E-state index contributed by atoms with van der Waals surface area (Å²) in [5.74, 6) is -2.11. The first-order chi connectivity index (χ1) is 12.3. The number of halogens is 2. The zero-order valence-corrected chi connectivity index (χ0v) is 14.7. The Morgan fingerprint density at radius 2 is 2.12 bits per heavy atom. The van der Waals surface area contributed by atoms with Crippen LogP contribution in [0.15, 0.2) is 18.3 Å². The van der Waals surface area contributed by atoms with E-state index in [0.717, 1.165) is 0 Å². The molecule has 1 aromatic carbocycles. The van der Waals surface area contributed by atoms with Gasteiger partial charge in [-0.05, 0) is 30.5 Å². The number of pyridine rings is 1. The molecule has 1 aliphatic carbocycles. The number of carboxylic acid groups (broad SMARTS) is 1. The Kier molecular flexibility index (Phi) is 3.49. The Morgan fingerprint density at radius 1 is 1.42 bits per heavy atom. The fourth-order valence-electron chi connectivity index (χ4n) is 3.64. The monoisotopic (exact) mass is 376 g/mol. The van der Waals surface area contributed by atoms with E-state index in [4.69, 9.17) is 16.3 Å². The summed E-state index contributed by atoms with van der Waals surface area (Å²) in [5, 5.41) is 9.28. The molecule has 1 spiro atoms. The van der Waals surface area contributed by atoms with Crippen molar-refractivity contribution < 1.29 is 23.8 Å². The van der Waals surface area contributed by atoms with E-state index in [1.165, 1.54) is 24.3 Å². The molecule has 6 nitrogen and oxygen atoms in total. The number of benzene rings is 1. The molecule has 1 fully saturated rings. The molecule has 0 unspecified atom stereocenters. The van der Waals surface area contributed by atoms with E-state index in [0.29, 0.717) is 24.1 Å². The number of anilines is 1. The normalized spacial score (nSPS) is 16.8. The van der Waals surface area contributed by atoms with E-state index >= 15 is 0 Å². The number of nitrogens with zero attached hydrogens (tertiary/aromatic N) is 2. The Bertz CT molecular complexity index is 988. The quantitative estimate of drug-likeness (QED) is 0.832. The van der Waals surface area contributed by atoms with E-state index in [1.807, 2.05) is 0 Å². The zero-order valence-electron chi connectivity index (χ0n) is 14.0. The highest BCUT2D eigenvalue weighted by atomic mass is 35.5. The molecule has 1 amide bonds. The molecule has 1 aromatic heterocycles. The lowest BCUT2D eigenvalue weighted by Gasteiger charge is -2.16. The van der Waals surface area contributed by atoms with Crippen molar-refractivity contribution in [2.24, 2.45) is 0 Å². The standard InChI is InChI=1S/C18H14ClFN2O4/c1-22-11-6-9(16(23)24)8(5-10(11)18(3-4-18)17(22)25)13-12(26-2)7-21-15(19)14(13)20/h5-7H,3-4H2,1-2H3,(H,23,24). The number of carboxylic acids is 1. The number of aromatic carboxylic acids is 1. The molecule has 8 heteroatoms. The number of hydrogen-bond acceptors (Lipinski definition) is 4. The van der Waals surface area contributed by atoms with Crippen LogP contribution >= 0.6 is 11.6 Å². The maximum Gasteiger partial charge on any atom is 0.336 e. The van der Waals surface area contributed by atoms with Crippen molar-refractivity contribution in [1.82, 2.24) is 4.98 Å². The van der Waals surface area contributed by atoms with Crippen LogP contribution in [0.5, 0.6) is 5.75 Å². The summed E-state index contributed by atoms with van der Waals surface area (Å²) in [6.07, 6.45) is 2.61. The molecule has 0 radical (unpaired) electrons. The summed E-state index contributed by atoms with van der Waals surface area (Å²) in [6, 6.07) is 2.98. The third kappa shape index (κ3) is 2.07. The van der Waals surface area contributed by atoms with Crippen LogP contribution in [0, 0.1) is 5.82 Å². The van der Waals surface area contributed by atoms with Gasteiger partial charge >= 0.3 is 5.97 Å². The predicted octanol–water partition coefficient (Wildman–Crippen LogP) is 3.26. The summed E-state index contributed by atoms with van der Waals surface area (Å²) in [7, 11) is 2.95. The van der Waals surface area contributed by atoms with Crippen molar-refractivity contribution in [2.45, 2.75) is 18.3 Å². The maximum absolute atomic E-state index is 14.7. The number of likely N-dealkylation sites (N-methyl/N-ethyl adjacent to an activating group) is 1. The van der Waals surface area contributed by atoms with Crippen molar-refractivity contribution >= 4 is 29.2 Å². The minimum absolute atomic E-state index is 0.0666. The molecule has 2 heterocycles. The van der Waals surface area contributed by atoms with Gasteiger partial charge in [0.2, 0.25) is 5.91 Å². The largest absolute Gasteiger partial charge is 0.494 e. The highest BCUT2D eigenvalue weighted by Gasteiger charge is 2.58. The van der Waals surface area contributed by atoms with Crippen LogP contribution in [0.1, 0.15) is 28.8 Å². The van der Waals surface area contributed by atoms with Gasteiger partial charge in [0.1, 0.15) is 5.75 Å². The van der Waals surface area contributed by atoms with E-state index in [9.17, 15) is 19.1 Å². The van der Waals surface area contributed by atoms with E-state index in [1.54, 1.807) is 13.1 Å². The first-order valence-corrected chi connectivity index (χ1v) is 8.28. The molecule has 2 aliphatic rings. The minimum atomic E-state index is -1.24. The molecule has 1 aliphatic heterocycles. The number of hydrogen-bond donors (Lipinski definition) is 1. The molecule has 4 rings (SSSR count). The zero-order chi connectivity index (χ0) is 18.8. The Morgan fingerprint density at radius 3 is 2.69 bits per heavy atom. The molecular weight excluding hydrogens is 363 g/mol. The molecule has 1 N–H and O–H groups in total. The second kappa shape index (κ2) is 5.41. The summed E-state index contributed by atoms with van der Waals surface area (Å²) in [5.41, 5.74) is 0.513. The summed E-state index contributed by atoms with van der Waals surface area (Å²) in [4.78, 5) is 29.6. The summed E-state index contributed by atoms with van der Waals surface area (Å²) in [6.45, 7) is 0. The summed E-state index contributed by atoms with van der Waals surface area (Å²) < 4.78 is 19.9. The fraction of sp³-hybridized carbons (Fsp3) is 0.278. The van der Waals surface area contributed by atoms with Gasteiger partial charge in [-0.25, -0.2) is 14.2 Å². The van der Waals surface area contributed by atoms with Gasteiger partial charge in [0, 0.05) is 18.3 Å². The smallest absolute Gasteiger partial charge is 0.336 e. The number of rotatable bonds is 3. The van der Waals surface area contributed by atoms with Crippen molar-refractivity contribution in [3.63, 3.8) is 0 Å². The molecule has 1 saturated carbocycles. The van der Waals surface area contributed by atoms with Crippen molar-refractivity contribution in [3.05, 3.63) is 40.4 Å². The lowest BCUT2D eigenvalue weighted by Crippen LogP contribution is -2.27. The van der Waals surface area contributed by atoms with Crippen LogP contribution in [-0.2, 0) is 10.2 Å². The highest BCUT2D eigenvalue weighted by molar-refractivity contribution is 6.30. The van der Waals surface area contributed by atoms with Crippen LogP contribution in [0.4, 0.5) is 10.1 Å². The minimum Gasteiger partial charge on any atom is -0.494 e. The molecule has 134 valence electrons. The Hall–Kier alpha value is -2.67. The first-order valence-electron chi connectivity index (χ1n) is 7.90. The van der Waals surface area contributed by atoms with Crippen LogP contribution in [0.25, 0.3) is 11.1 Å². The van der Waals surface area contributed by atoms with Crippen LogP contribution in [-0.4, -0.2) is 36.1 Å². The second-order valence-corrected chi connectivity index (χ2v) is 6.83. The molecule has 0 saturated heterocycles. The number of aromatic nitrogens is 1. The van der Waals surface area contributed by atoms with Gasteiger partial charge in [0.25, 0.3) is 0 Å². The third-order valence-corrected chi connectivity index (χ3v) is 5.40. The fourth-order valence-corrected chi connectivity index (χ4v) is 3.78. The van der Waals surface area contributed by atoms with E-state index in [2.05, 4.69) is 4.98 Å². The van der Waals surface area contributed by atoms with E-state index in [-0.39, 0.29) is 33.5 Å². The average molecular weight is 377 g/mol. The van der Waals surface area contributed by atoms with Crippen molar-refractivity contribution in [1.29, 1.82) is 0 Å². The van der Waals surface area contributed by atoms with Gasteiger partial charge in [-0.1, -0.05) is 11.6 Å². The van der Waals surface area contributed by atoms with Crippen molar-refractivity contribution in [2.75, 3.05) is 19.1 Å². The van der Waals surface area contributed by atoms with Gasteiger partial charge in [-0.3, -0.25) is 4.79 Å². The maximum atomic E-state index is 14.7. The van der Waals surface area contributed by atoms with Gasteiger partial charge in [-0.15, -0.1) is 0 Å². The lowest BCUT2D eigenvalue weighted by atomic mass is 9.90. The number of methoxy groups -OCH3 is 1. The lowest BCUT2D eigenvalue weighted by molar-refractivity contribution is -0.119. The van der Waals surface area contributed by atoms with Crippen molar-refractivity contribution in [3.8, 4) is 16.9 Å². The molecule has 2 aromatic rings.